The number of benzene rings is 11. The van der Waals surface area contributed by atoms with E-state index in [2.05, 4.69) is 264 Å². The van der Waals surface area contributed by atoms with Crippen molar-refractivity contribution in [3.8, 4) is 123 Å². The van der Waals surface area contributed by atoms with E-state index in [0.29, 0.717) is 5.92 Å². The van der Waals surface area contributed by atoms with Crippen LogP contribution in [0.15, 0.2) is 407 Å². The van der Waals surface area contributed by atoms with Crippen LogP contribution in [0.1, 0.15) is 47.6 Å². The summed E-state index contributed by atoms with van der Waals surface area (Å²) in [4.78, 5) is 30.6. The molecule has 7 aromatic heterocycles. The molecule has 0 atom stereocenters. The molecule has 0 aliphatic rings. The third-order valence-corrected chi connectivity index (χ3v) is 18.2. The Morgan fingerprint density at radius 3 is 1.07 bits per heavy atom. The molecule has 11 aromatic carbocycles. The van der Waals surface area contributed by atoms with E-state index in [-0.39, 0.29) is 80.4 Å². The molecule has 7 nitrogen and oxygen atoms in total. The Hall–Kier alpha value is -11.9. The fourth-order valence-corrected chi connectivity index (χ4v) is 12.4. The van der Waals surface area contributed by atoms with E-state index in [1.165, 1.54) is 66.8 Å². The van der Waals surface area contributed by atoms with Crippen LogP contribution in [0.2, 0.25) is 0 Å². The maximum atomic E-state index is 4.64. The van der Waals surface area contributed by atoms with Gasteiger partial charge in [-0.05, 0) is 118 Å². The molecular weight excluding hydrogens is 2160 g/mol. The summed E-state index contributed by atoms with van der Waals surface area (Å²) in [6.45, 7) is 12.8. The van der Waals surface area contributed by atoms with Gasteiger partial charge in [0, 0.05) is 129 Å². The van der Waals surface area contributed by atoms with Crippen molar-refractivity contribution < 1.29 is 80.4 Å². The Balaban J connectivity index is 0.000000174. The molecule has 0 bridgehead atoms. The van der Waals surface area contributed by atoms with Gasteiger partial charge in [-0.25, -0.2) is 0 Å². The molecule has 18 aromatic rings. The van der Waals surface area contributed by atoms with E-state index >= 15 is 0 Å². The van der Waals surface area contributed by atoms with Gasteiger partial charge in [-0.1, -0.05) is 238 Å². The van der Waals surface area contributed by atoms with Crippen LogP contribution in [0.3, 0.4) is 0 Å². The average molecular weight is 2250 g/mol. The average Bonchev–Trinajstić information content (AvgIpc) is 0.823. The molecule has 596 valence electrons. The molecule has 0 saturated heterocycles. The minimum absolute atomic E-state index is 0. The first-order valence-electron chi connectivity index (χ1n) is 38.2. The minimum Gasteiger partial charge on any atom is -0.305 e. The van der Waals surface area contributed by atoms with Crippen LogP contribution in [0, 0.1) is 70.2 Å². The van der Waals surface area contributed by atoms with E-state index in [1.807, 2.05) is 237 Å². The normalized spacial score (nSPS) is 9.91. The van der Waals surface area contributed by atoms with Gasteiger partial charge in [-0.3, -0.25) is 0 Å². The second-order valence-corrected chi connectivity index (χ2v) is 27.1. The zero-order chi connectivity index (χ0) is 79.4. The summed E-state index contributed by atoms with van der Waals surface area (Å²) in [5.41, 5.74) is 29.8. The van der Waals surface area contributed by atoms with Gasteiger partial charge in [0.05, 0.1) is 0 Å². The van der Waals surface area contributed by atoms with Crippen molar-refractivity contribution in [2.75, 3.05) is 0 Å². The summed E-state index contributed by atoms with van der Waals surface area (Å²) in [6, 6.07) is 144. The number of rotatable bonds is 12. The molecular formula is C108H86Ir4N7-7. The molecule has 0 aliphatic carbocycles. The van der Waals surface area contributed by atoms with Crippen molar-refractivity contribution in [2.45, 2.75) is 47.5 Å². The summed E-state index contributed by atoms with van der Waals surface area (Å²) in [5.74, 6) is 0.504. The molecule has 0 saturated carbocycles. The van der Waals surface area contributed by atoms with Crippen LogP contribution in [0.5, 0.6) is 0 Å². The molecule has 0 aliphatic heterocycles. The Kier molecular flexibility index (Phi) is 38.9. The van der Waals surface area contributed by atoms with Crippen LogP contribution >= 0.6 is 0 Å². The van der Waals surface area contributed by atoms with Crippen molar-refractivity contribution in [1.29, 1.82) is 0 Å². The molecule has 7 heterocycles. The molecule has 119 heavy (non-hydrogen) atoms. The Morgan fingerprint density at radius 1 is 0.244 bits per heavy atom. The standard InChI is InChI=1S/2C20H18N.2C17H12N.C12H10N.2C11H8N.4Ir/c1-14-9-15(2)11-18(10-14)20-12-16(3)19(13-21-20)17-7-5-4-6-8-17;1-15(2)17-11-12-21-20(14-17)19-10-6-9-18(13-19)16-7-4-3-5-8-16;1-2-7-14(8-3-1)15-9-6-10-16(13-15)17-11-4-5-12-18-17;1-2-6-14(7-3-1)15-9-11-16(12-10-15)17-8-4-5-13-18-17;1-10-6-5-9-13-12(10)11-7-3-2-4-8-11;2*1-2-6-10(7-3-1)11-8-4-5-9-12-11;;;;/h4-10,12-13H,1-3H3;3-9,11-15H,1-2H3;1-9,11-13H;1-11,13H;2-7,9H,1H3;2*1-6,8-9H;;;;/q7*-1;;;;. The van der Waals surface area contributed by atoms with Gasteiger partial charge < -0.3 is 34.9 Å². The van der Waals surface area contributed by atoms with Crippen LogP contribution in [-0.2, 0) is 80.4 Å². The topological polar surface area (TPSA) is 90.2 Å². The van der Waals surface area contributed by atoms with E-state index in [1.54, 1.807) is 24.8 Å². The van der Waals surface area contributed by atoms with E-state index in [4.69, 9.17) is 0 Å². The largest absolute Gasteiger partial charge is 0.305 e. The minimum atomic E-state index is 0. The van der Waals surface area contributed by atoms with Crippen molar-refractivity contribution in [3.05, 3.63) is 478 Å². The predicted molar refractivity (Wildman–Crippen MR) is 474 cm³/mol. The number of hydrogen-bond acceptors (Lipinski definition) is 7. The number of pyridine rings is 7. The molecule has 0 spiro atoms. The van der Waals surface area contributed by atoms with Crippen LogP contribution in [0.25, 0.3) is 123 Å². The van der Waals surface area contributed by atoms with Crippen molar-refractivity contribution >= 4 is 0 Å². The van der Waals surface area contributed by atoms with Gasteiger partial charge in [0.25, 0.3) is 0 Å². The number of aromatic nitrogens is 7. The van der Waals surface area contributed by atoms with Gasteiger partial charge in [0.2, 0.25) is 0 Å². The molecule has 0 unspecified atom stereocenters. The number of hydrogen-bond donors (Lipinski definition) is 0. The first kappa shape index (κ1) is 92.6. The monoisotopic (exact) mass is 2250 g/mol. The van der Waals surface area contributed by atoms with Crippen molar-refractivity contribution in [2.24, 2.45) is 0 Å². The fraction of sp³-hybridized carbons (Fsp3) is 0.0648. The van der Waals surface area contributed by atoms with Gasteiger partial charge in [0.15, 0.2) is 0 Å². The smallest absolute Gasteiger partial charge is 0.0242 e. The third kappa shape index (κ3) is 28.7. The first-order chi connectivity index (χ1) is 56.5. The van der Waals surface area contributed by atoms with Crippen LogP contribution < -0.4 is 0 Å². The van der Waals surface area contributed by atoms with Crippen molar-refractivity contribution in [1.82, 2.24) is 34.9 Å². The molecule has 11 heteroatoms. The summed E-state index contributed by atoms with van der Waals surface area (Å²) in [5, 5.41) is 0. The summed E-state index contributed by atoms with van der Waals surface area (Å²) in [7, 11) is 0. The number of aryl methyl sites for hydroxylation is 4. The van der Waals surface area contributed by atoms with Crippen LogP contribution in [0.4, 0.5) is 0 Å². The zero-order valence-corrected chi connectivity index (χ0v) is 76.3. The van der Waals surface area contributed by atoms with Gasteiger partial charge in [-0.2, -0.15) is 0 Å². The van der Waals surface area contributed by atoms with E-state index in [9.17, 15) is 0 Å². The van der Waals surface area contributed by atoms with Crippen LogP contribution in [-0.4, -0.2) is 34.9 Å². The maximum Gasteiger partial charge on any atom is 0.0242 e. The summed E-state index contributed by atoms with van der Waals surface area (Å²) in [6.07, 6.45) is 12.8. The molecule has 0 fully saturated rings. The molecule has 18 rings (SSSR count). The molecule has 4 radical (unpaired) electrons. The van der Waals surface area contributed by atoms with E-state index < -0.39 is 0 Å². The van der Waals surface area contributed by atoms with Gasteiger partial charge >= 0.3 is 0 Å². The van der Waals surface area contributed by atoms with Crippen molar-refractivity contribution in [3.63, 3.8) is 0 Å². The predicted octanol–water partition coefficient (Wildman–Crippen LogP) is 26.9. The Labute approximate surface area is 756 Å². The van der Waals surface area contributed by atoms with E-state index in [0.717, 1.165) is 84.4 Å². The third-order valence-electron chi connectivity index (χ3n) is 18.2. The van der Waals surface area contributed by atoms with Gasteiger partial charge in [-0.15, -0.1) is 243 Å². The second-order valence-electron chi connectivity index (χ2n) is 27.1. The first-order valence-corrected chi connectivity index (χ1v) is 38.2. The Morgan fingerprint density at radius 2 is 0.647 bits per heavy atom. The van der Waals surface area contributed by atoms with Gasteiger partial charge in [0.1, 0.15) is 0 Å². The Bertz CT molecular complexity index is 5590. The summed E-state index contributed by atoms with van der Waals surface area (Å²) < 4.78 is 0. The fourth-order valence-electron chi connectivity index (χ4n) is 12.4. The summed E-state index contributed by atoms with van der Waals surface area (Å²) >= 11 is 0. The zero-order valence-electron chi connectivity index (χ0n) is 66.7. The second kappa shape index (κ2) is 50.0. The SMILES string of the molecule is CC(C)c1ccnc(-c2[c-]ccc(-c3ccccc3)c2)c1.Cc1[c-]c(-c2cc(C)c(-c3ccccc3)cn2)cc(C)c1.Cc1cccnc1-c1[c-]cccc1.[Ir].[Ir].[Ir].[Ir].[c-]1cc(-c2ccccc2)ccc1-c1ccccn1.[c-]1ccc(-c2ccccc2)cc1-c1ccccn1.[c-]1ccccc1-c1ccccn1.[c-]1ccccc1-c1ccccn1. The molecule has 0 amide bonds. The quantitative estimate of drug-likeness (QED) is 0.113. The number of nitrogens with zero attached hydrogens (tertiary/aromatic N) is 7. The molecule has 0 N–H and O–H groups in total. The maximum absolute atomic E-state index is 4.64.